The van der Waals surface area contributed by atoms with E-state index < -0.39 is 0 Å². The molecule has 0 heterocycles. The van der Waals surface area contributed by atoms with Crippen LogP contribution in [-0.2, 0) is 26.2 Å². The van der Waals surface area contributed by atoms with Crippen LogP contribution < -0.4 is 24.8 Å². The summed E-state index contributed by atoms with van der Waals surface area (Å²) in [6, 6.07) is 22.5. The van der Waals surface area contributed by atoms with Gasteiger partial charge in [-0.15, -0.1) is 0 Å². The Hall–Kier alpha value is -1.14. The van der Waals surface area contributed by atoms with Gasteiger partial charge in [0.2, 0.25) is 0 Å². The van der Waals surface area contributed by atoms with E-state index in [2.05, 4.69) is 92.7 Å². The standard InChI is InChI=1S/C25H22.2ClH.Zr/c1-25(2,18-10-4-5-11-18)24-21-14-8-7-13-20(21)23-19-12-6-3-9-17(19)15-16-22(23)24;;;/h3-10,12-16,24H,11H2,1-2H3;2*1H;/q;;;+2/p-2. The minimum atomic E-state index is 0. The number of hydrogen-bond acceptors (Lipinski definition) is 0. The van der Waals surface area contributed by atoms with Crippen molar-refractivity contribution < 1.29 is 51.0 Å². The van der Waals surface area contributed by atoms with Gasteiger partial charge in [0.25, 0.3) is 0 Å². The maximum absolute atomic E-state index is 2.41. The van der Waals surface area contributed by atoms with E-state index in [1.165, 1.54) is 38.6 Å². The smallest absolute Gasteiger partial charge is 1.00 e. The molecule has 0 saturated carbocycles. The van der Waals surface area contributed by atoms with Gasteiger partial charge in [0.15, 0.2) is 0 Å². The van der Waals surface area contributed by atoms with Gasteiger partial charge < -0.3 is 24.8 Å². The maximum atomic E-state index is 2.41. The topological polar surface area (TPSA) is 0 Å². The number of halogens is 2. The molecular weight excluding hydrogens is 462 g/mol. The SMILES string of the molecule is CC(C)(C1=CC=CC1)C1c2ccccc2-c2c1ccc1ccccc21.[Cl-].[Cl-].[Zr+2]. The third kappa shape index (κ3) is 3.37. The average molecular weight is 485 g/mol. The fraction of sp³-hybridized carbons (Fsp3) is 0.200. The summed E-state index contributed by atoms with van der Waals surface area (Å²) in [7, 11) is 0. The van der Waals surface area contributed by atoms with Crippen molar-refractivity contribution in [2.45, 2.75) is 26.2 Å². The molecular formula is C25H22Cl2Zr. The van der Waals surface area contributed by atoms with Gasteiger partial charge in [-0.1, -0.05) is 98.3 Å². The summed E-state index contributed by atoms with van der Waals surface area (Å²) in [6.07, 6.45) is 7.88. The quantitative estimate of drug-likeness (QED) is 0.507. The van der Waals surface area contributed by atoms with Gasteiger partial charge in [-0.3, -0.25) is 0 Å². The molecule has 3 aromatic rings. The van der Waals surface area contributed by atoms with Crippen molar-refractivity contribution >= 4 is 10.8 Å². The van der Waals surface area contributed by atoms with E-state index in [0.29, 0.717) is 5.92 Å². The summed E-state index contributed by atoms with van der Waals surface area (Å²) in [6.45, 7) is 4.83. The summed E-state index contributed by atoms with van der Waals surface area (Å²) >= 11 is 0. The van der Waals surface area contributed by atoms with Crippen LogP contribution in [0.5, 0.6) is 0 Å². The van der Waals surface area contributed by atoms with Crippen molar-refractivity contribution in [3.05, 3.63) is 95.6 Å². The monoisotopic (exact) mass is 482 g/mol. The molecule has 2 aliphatic carbocycles. The third-order valence-electron chi connectivity index (χ3n) is 6.13. The summed E-state index contributed by atoms with van der Waals surface area (Å²) in [5.74, 6) is 0.412. The van der Waals surface area contributed by atoms with Crippen molar-refractivity contribution in [2.75, 3.05) is 0 Å². The van der Waals surface area contributed by atoms with E-state index in [1.54, 1.807) is 0 Å². The average Bonchev–Trinajstić information content (AvgIpc) is 3.28. The second-order valence-electron chi connectivity index (χ2n) is 7.82. The van der Waals surface area contributed by atoms with Crippen LogP contribution in [-0.4, -0.2) is 0 Å². The Morgan fingerprint density at radius 3 is 2.29 bits per heavy atom. The molecule has 2 aliphatic rings. The van der Waals surface area contributed by atoms with Gasteiger partial charge in [0.05, 0.1) is 0 Å². The molecule has 0 bridgehead atoms. The molecule has 140 valence electrons. The van der Waals surface area contributed by atoms with E-state index in [9.17, 15) is 0 Å². The molecule has 3 aromatic carbocycles. The fourth-order valence-electron chi connectivity index (χ4n) is 4.86. The third-order valence-corrected chi connectivity index (χ3v) is 6.13. The predicted octanol–water partition coefficient (Wildman–Crippen LogP) is 0.870. The zero-order chi connectivity index (χ0) is 17.0. The first kappa shape index (κ1) is 23.1. The van der Waals surface area contributed by atoms with Crippen LogP contribution in [0, 0.1) is 5.41 Å². The van der Waals surface area contributed by atoms with Crippen molar-refractivity contribution in [3.8, 4) is 11.1 Å². The zero-order valence-corrected chi connectivity index (χ0v) is 20.0. The first-order valence-electron chi connectivity index (χ1n) is 9.15. The van der Waals surface area contributed by atoms with E-state index in [1.807, 2.05) is 0 Å². The summed E-state index contributed by atoms with van der Waals surface area (Å²) in [4.78, 5) is 0. The second kappa shape index (κ2) is 8.70. The molecule has 0 aromatic heterocycles. The Morgan fingerprint density at radius 1 is 0.821 bits per heavy atom. The normalized spacial score (nSPS) is 16.4. The Kier molecular flexibility index (Phi) is 7.19. The van der Waals surface area contributed by atoms with E-state index in [4.69, 9.17) is 0 Å². The van der Waals surface area contributed by atoms with Gasteiger partial charge >= 0.3 is 26.2 Å². The predicted molar refractivity (Wildman–Crippen MR) is 107 cm³/mol. The zero-order valence-electron chi connectivity index (χ0n) is 16.0. The number of rotatable bonds is 2. The summed E-state index contributed by atoms with van der Waals surface area (Å²) < 4.78 is 0. The van der Waals surface area contributed by atoms with E-state index in [0.717, 1.165) is 6.42 Å². The Morgan fingerprint density at radius 2 is 1.54 bits per heavy atom. The number of benzene rings is 3. The molecule has 0 fully saturated rings. The molecule has 3 heteroatoms. The number of allylic oxidation sites excluding steroid dienone is 4. The van der Waals surface area contributed by atoms with E-state index >= 15 is 0 Å². The van der Waals surface area contributed by atoms with Crippen molar-refractivity contribution in [1.29, 1.82) is 0 Å². The van der Waals surface area contributed by atoms with Gasteiger partial charge in [-0.25, -0.2) is 0 Å². The van der Waals surface area contributed by atoms with Crippen molar-refractivity contribution in [1.82, 2.24) is 0 Å². The van der Waals surface area contributed by atoms with Crippen LogP contribution in [0.2, 0.25) is 0 Å². The number of fused-ring (bicyclic) bond motifs is 5. The molecule has 5 rings (SSSR count). The second-order valence-corrected chi connectivity index (χ2v) is 7.82. The largest absolute Gasteiger partial charge is 2.00 e. The minimum Gasteiger partial charge on any atom is -1.00 e. The molecule has 0 saturated heterocycles. The van der Waals surface area contributed by atoms with Crippen molar-refractivity contribution in [2.24, 2.45) is 5.41 Å². The maximum Gasteiger partial charge on any atom is 2.00 e. The van der Waals surface area contributed by atoms with Gasteiger partial charge in [0, 0.05) is 5.92 Å². The van der Waals surface area contributed by atoms with Gasteiger partial charge in [-0.05, 0) is 44.9 Å². The molecule has 0 N–H and O–H groups in total. The van der Waals surface area contributed by atoms with Crippen LogP contribution >= 0.6 is 0 Å². The molecule has 0 amide bonds. The first-order chi connectivity index (χ1) is 12.2. The molecule has 1 atom stereocenters. The van der Waals surface area contributed by atoms with Gasteiger partial charge in [0.1, 0.15) is 0 Å². The number of hydrogen-bond donors (Lipinski definition) is 0. The Bertz CT molecular complexity index is 1060. The van der Waals surface area contributed by atoms with Crippen LogP contribution in [0.1, 0.15) is 37.3 Å². The molecule has 1 unspecified atom stereocenters. The van der Waals surface area contributed by atoms with Crippen molar-refractivity contribution in [3.63, 3.8) is 0 Å². The molecule has 0 aliphatic heterocycles. The first-order valence-corrected chi connectivity index (χ1v) is 9.15. The molecule has 0 radical (unpaired) electrons. The van der Waals surface area contributed by atoms with Crippen LogP contribution in [0.4, 0.5) is 0 Å². The van der Waals surface area contributed by atoms with Crippen LogP contribution in [0.3, 0.4) is 0 Å². The van der Waals surface area contributed by atoms with E-state index in [-0.39, 0.29) is 56.4 Å². The summed E-state index contributed by atoms with van der Waals surface area (Å²) in [5.41, 5.74) is 7.46. The minimum absolute atomic E-state index is 0. The summed E-state index contributed by atoms with van der Waals surface area (Å²) in [5, 5.41) is 2.71. The van der Waals surface area contributed by atoms with Crippen LogP contribution in [0.15, 0.2) is 84.5 Å². The molecule has 0 spiro atoms. The van der Waals surface area contributed by atoms with Gasteiger partial charge in [-0.2, -0.15) is 0 Å². The molecule has 0 nitrogen and oxygen atoms in total. The molecule has 28 heavy (non-hydrogen) atoms. The Balaban J connectivity index is 0.000000934. The van der Waals surface area contributed by atoms with Crippen LogP contribution in [0.25, 0.3) is 21.9 Å². The Labute approximate surface area is 199 Å². The fourth-order valence-corrected chi connectivity index (χ4v) is 4.86.